The van der Waals surface area contributed by atoms with E-state index >= 15 is 0 Å². The summed E-state index contributed by atoms with van der Waals surface area (Å²) in [5, 5.41) is 12.1. The number of amides is 1. The Balaban J connectivity index is 1.69. The molecule has 1 saturated heterocycles. The Morgan fingerprint density at radius 3 is 2.83 bits per heavy atom. The Morgan fingerprint density at radius 1 is 1.38 bits per heavy atom. The second kappa shape index (κ2) is 10.2. The first-order chi connectivity index (χ1) is 11.6. The van der Waals surface area contributed by atoms with Crippen molar-refractivity contribution in [2.75, 3.05) is 19.0 Å². The Hall–Kier alpha value is -1.73. The van der Waals surface area contributed by atoms with Crippen LogP contribution in [-0.4, -0.2) is 47.4 Å². The molecule has 0 radical (unpaired) electrons. The van der Waals surface area contributed by atoms with Crippen LogP contribution in [0.15, 0.2) is 30.3 Å². The molecule has 132 valence electrons. The van der Waals surface area contributed by atoms with Gasteiger partial charge in [-0.25, -0.2) is 9.59 Å². The summed E-state index contributed by atoms with van der Waals surface area (Å²) in [5.74, 6) is -0.392. The summed E-state index contributed by atoms with van der Waals surface area (Å²) < 4.78 is 10.5. The van der Waals surface area contributed by atoms with E-state index in [2.05, 4.69) is 5.32 Å². The number of hydrogen-bond acceptors (Lipinski definition) is 5. The molecule has 24 heavy (non-hydrogen) atoms. The summed E-state index contributed by atoms with van der Waals surface area (Å²) in [6.45, 7) is 1.64. The van der Waals surface area contributed by atoms with Gasteiger partial charge >= 0.3 is 12.1 Å². The van der Waals surface area contributed by atoms with Crippen molar-refractivity contribution in [1.82, 2.24) is 5.32 Å². The van der Waals surface area contributed by atoms with Crippen LogP contribution in [0.25, 0.3) is 0 Å². The first-order valence-electron chi connectivity index (χ1n) is 8.04. The van der Waals surface area contributed by atoms with E-state index in [4.69, 9.17) is 9.47 Å². The van der Waals surface area contributed by atoms with Crippen molar-refractivity contribution in [3.63, 3.8) is 0 Å². The first kappa shape index (κ1) is 18.6. The summed E-state index contributed by atoms with van der Waals surface area (Å²) in [5.41, 5.74) is 0.854. The van der Waals surface area contributed by atoms with Gasteiger partial charge in [-0.05, 0) is 30.6 Å². The molecule has 2 rings (SSSR count). The third-order valence-corrected chi connectivity index (χ3v) is 5.00. The molecule has 1 aliphatic heterocycles. The van der Waals surface area contributed by atoms with Crippen LogP contribution in [0.4, 0.5) is 4.79 Å². The molecule has 2 atom stereocenters. The number of carboxylic acids is 1. The van der Waals surface area contributed by atoms with Crippen LogP contribution in [0, 0.1) is 0 Å². The molecule has 0 bridgehead atoms. The minimum atomic E-state index is -1.05. The van der Waals surface area contributed by atoms with E-state index < -0.39 is 18.1 Å². The lowest BCUT2D eigenvalue weighted by Crippen LogP contribution is -2.41. The maximum Gasteiger partial charge on any atom is 0.408 e. The molecule has 7 heteroatoms. The van der Waals surface area contributed by atoms with E-state index in [1.54, 1.807) is 11.8 Å². The molecule has 2 unspecified atom stereocenters. The fourth-order valence-electron chi connectivity index (χ4n) is 2.36. The highest BCUT2D eigenvalue weighted by Gasteiger charge is 2.22. The molecule has 1 amide bonds. The van der Waals surface area contributed by atoms with Crippen LogP contribution in [0.2, 0.25) is 0 Å². The molecule has 2 N–H and O–H groups in total. The van der Waals surface area contributed by atoms with Crippen molar-refractivity contribution in [2.24, 2.45) is 0 Å². The lowest BCUT2D eigenvalue weighted by Gasteiger charge is -2.22. The van der Waals surface area contributed by atoms with Crippen LogP contribution in [-0.2, 0) is 20.9 Å². The number of thioether (sulfide) groups is 1. The van der Waals surface area contributed by atoms with Crippen molar-refractivity contribution in [3.05, 3.63) is 35.9 Å². The molecular formula is C17H23NO5S. The van der Waals surface area contributed by atoms with Gasteiger partial charge in [-0.15, -0.1) is 0 Å². The predicted molar refractivity (Wildman–Crippen MR) is 92.1 cm³/mol. The molecule has 0 saturated carbocycles. The quantitative estimate of drug-likeness (QED) is 0.747. The number of carboxylic acid groups (broad SMARTS) is 1. The molecular weight excluding hydrogens is 330 g/mol. The Labute approximate surface area is 145 Å². The third-order valence-electron chi connectivity index (χ3n) is 3.68. The van der Waals surface area contributed by atoms with Crippen molar-refractivity contribution >= 4 is 23.8 Å². The highest BCUT2D eigenvalue weighted by molar-refractivity contribution is 7.99. The molecule has 1 fully saturated rings. The second-order valence-corrected chi connectivity index (χ2v) is 7.00. The minimum Gasteiger partial charge on any atom is -0.480 e. The average Bonchev–Trinajstić information content (AvgIpc) is 2.61. The van der Waals surface area contributed by atoms with Crippen LogP contribution >= 0.6 is 11.8 Å². The zero-order valence-electron chi connectivity index (χ0n) is 13.5. The van der Waals surface area contributed by atoms with Crippen molar-refractivity contribution in [1.29, 1.82) is 0 Å². The van der Waals surface area contributed by atoms with Gasteiger partial charge in [0.05, 0.1) is 6.61 Å². The number of benzene rings is 1. The van der Waals surface area contributed by atoms with Gasteiger partial charge in [0.15, 0.2) is 0 Å². The molecule has 0 spiro atoms. The number of hydrogen-bond donors (Lipinski definition) is 2. The van der Waals surface area contributed by atoms with E-state index in [0.29, 0.717) is 17.4 Å². The van der Waals surface area contributed by atoms with Crippen molar-refractivity contribution in [3.8, 4) is 0 Å². The monoisotopic (exact) mass is 353 g/mol. The number of ether oxygens (including phenoxy) is 2. The van der Waals surface area contributed by atoms with Crippen LogP contribution in [0.3, 0.4) is 0 Å². The Kier molecular flexibility index (Phi) is 7.91. The van der Waals surface area contributed by atoms with Crippen molar-refractivity contribution in [2.45, 2.75) is 37.2 Å². The van der Waals surface area contributed by atoms with Crippen LogP contribution < -0.4 is 5.32 Å². The number of carbonyl (C=O) groups is 2. The smallest absolute Gasteiger partial charge is 0.408 e. The van der Waals surface area contributed by atoms with Gasteiger partial charge in [0.25, 0.3) is 0 Å². The summed E-state index contributed by atoms with van der Waals surface area (Å²) in [6.07, 6.45) is 1.79. The minimum absolute atomic E-state index is 0.118. The molecule has 0 aromatic heterocycles. The Morgan fingerprint density at radius 2 is 2.17 bits per heavy atom. The molecule has 6 nitrogen and oxygen atoms in total. The fraction of sp³-hybridized carbons (Fsp3) is 0.529. The summed E-state index contributed by atoms with van der Waals surface area (Å²) in [6, 6.07) is 8.31. The highest BCUT2D eigenvalue weighted by atomic mass is 32.2. The molecule has 1 heterocycles. The molecule has 1 aliphatic rings. The van der Waals surface area contributed by atoms with E-state index in [1.807, 2.05) is 30.3 Å². The lowest BCUT2D eigenvalue weighted by molar-refractivity contribution is -0.139. The predicted octanol–water partition coefficient (Wildman–Crippen LogP) is 2.67. The number of nitrogens with one attached hydrogen (secondary N) is 1. The highest BCUT2D eigenvalue weighted by Crippen LogP contribution is 2.21. The van der Waals surface area contributed by atoms with Gasteiger partial charge in [0.2, 0.25) is 0 Å². The fourth-order valence-corrected chi connectivity index (χ4v) is 3.59. The zero-order valence-corrected chi connectivity index (χ0v) is 14.3. The standard InChI is InChI=1S/C17H23NO5S/c19-16(20)15(8-10-24-14-7-4-9-22-12-14)18-17(21)23-11-13-5-2-1-3-6-13/h1-3,5-6,14-15H,4,7-12H2,(H,18,21)(H,19,20). The molecule has 1 aromatic rings. The zero-order chi connectivity index (χ0) is 17.2. The topological polar surface area (TPSA) is 84.9 Å². The number of aliphatic carboxylic acids is 1. The van der Waals surface area contributed by atoms with Gasteiger partial charge in [0, 0.05) is 11.9 Å². The van der Waals surface area contributed by atoms with E-state index in [9.17, 15) is 14.7 Å². The lowest BCUT2D eigenvalue weighted by atomic mass is 10.2. The number of carbonyl (C=O) groups excluding carboxylic acids is 1. The van der Waals surface area contributed by atoms with Crippen molar-refractivity contribution < 1.29 is 24.2 Å². The van der Waals surface area contributed by atoms with Gasteiger partial charge in [0.1, 0.15) is 12.6 Å². The van der Waals surface area contributed by atoms with E-state index in [1.165, 1.54) is 0 Å². The van der Waals surface area contributed by atoms with Gasteiger partial charge in [-0.3, -0.25) is 0 Å². The number of alkyl carbamates (subject to hydrolysis) is 1. The van der Waals surface area contributed by atoms with Crippen LogP contribution in [0.1, 0.15) is 24.8 Å². The maximum atomic E-state index is 11.8. The van der Waals surface area contributed by atoms with Gasteiger partial charge in [-0.2, -0.15) is 11.8 Å². The third kappa shape index (κ3) is 6.80. The average molecular weight is 353 g/mol. The second-order valence-electron chi connectivity index (χ2n) is 5.60. The molecule has 1 aromatic carbocycles. The Bertz CT molecular complexity index is 519. The SMILES string of the molecule is O=C(NC(CCSC1CCCOC1)C(=O)O)OCc1ccccc1. The molecule has 0 aliphatic carbocycles. The van der Waals surface area contributed by atoms with Gasteiger partial charge < -0.3 is 19.9 Å². The largest absolute Gasteiger partial charge is 0.480 e. The van der Waals surface area contributed by atoms with Gasteiger partial charge in [-0.1, -0.05) is 30.3 Å². The van der Waals surface area contributed by atoms with E-state index in [-0.39, 0.29) is 6.61 Å². The summed E-state index contributed by atoms with van der Waals surface area (Å²) >= 11 is 1.70. The number of rotatable bonds is 8. The van der Waals surface area contributed by atoms with E-state index in [0.717, 1.165) is 31.6 Å². The summed E-state index contributed by atoms with van der Waals surface area (Å²) in [7, 11) is 0. The first-order valence-corrected chi connectivity index (χ1v) is 9.09. The van der Waals surface area contributed by atoms with Crippen LogP contribution in [0.5, 0.6) is 0 Å². The maximum absolute atomic E-state index is 11.8. The normalized spacial score (nSPS) is 18.6. The summed E-state index contributed by atoms with van der Waals surface area (Å²) in [4.78, 5) is 23.1.